The fraction of sp³-hybridized carbons (Fsp3) is 0.421. The predicted molar refractivity (Wildman–Crippen MR) is 97.4 cm³/mol. The third-order valence-electron chi connectivity index (χ3n) is 4.62. The Bertz CT molecular complexity index is 634. The highest BCUT2D eigenvalue weighted by Crippen LogP contribution is 2.37. The van der Waals surface area contributed by atoms with Crippen molar-refractivity contribution >= 4 is 17.4 Å². The number of methoxy groups -OCH3 is 1. The number of rotatable bonds is 6. The SMILES string of the molecule is COc1ccc(CNC(=O)NC(c2cccs2)C2CCCC2)cc1. The summed E-state index contributed by atoms with van der Waals surface area (Å²) in [5, 5.41) is 8.23. The minimum Gasteiger partial charge on any atom is -0.497 e. The Hall–Kier alpha value is -2.01. The maximum absolute atomic E-state index is 12.4. The lowest BCUT2D eigenvalue weighted by Crippen LogP contribution is -2.39. The van der Waals surface area contributed by atoms with Gasteiger partial charge in [-0.15, -0.1) is 11.3 Å². The minimum atomic E-state index is -0.101. The maximum atomic E-state index is 12.4. The van der Waals surface area contributed by atoms with Crippen molar-refractivity contribution < 1.29 is 9.53 Å². The van der Waals surface area contributed by atoms with Crippen molar-refractivity contribution in [1.29, 1.82) is 0 Å². The van der Waals surface area contributed by atoms with Crippen LogP contribution in [0.5, 0.6) is 5.75 Å². The summed E-state index contributed by atoms with van der Waals surface area (Å²) in [6.07, 6.45) is 4.92. The molecule has 2 aromatic rings. The van der Waals surface area contributed by atoms with Crippen LogP contribution in [0, 0.1) is 5.92 Å². The van der Waals surface area contributed by atoms with Crippen LogP contribution in [0.15, 0.2) is 41.8 Å². The summed E-state index contributed by atoms with van der Waals surface area (Å²) in [6.45, 7) is 0.512. The Balaban J connectivity index is 1.56. The van der Waals surface area contributed by atoms with Crippen LogP contribution >= 0.6 is 11.3 Å². The molecule has 0 bridgehead atoms. The van der Waals surface area contributed by atoms with E-state index in [1.807, 2.05) is 24.3 Å². The standard InChI is InChI=1S/C19H24N2O2S/c1-23-16-10-8-14(9-11-16)13-20-19(22)21-18(15-5-2-3-6-15)17-7-4-12-24-17/h4,7-12,15,18H,2-3,5-6,13H2,1H3,(H2,20,21,22). The molecule has 1 unspecified atom stereocenters. The van der Waals surface area contributed by atoms with E-state index in [2.05, 4.69) is 28.1 Å². The Morgan fingerprint density at radius 1 is 1.25 bits per heavy atom. The molecule has 4 nitrogen and oxygen atoms in total. The van der Waals surface area contributed by atoms with Gasteiger partial charge in [-0.05, 0) is 47.9 Å². The lowest BCUT2D eigenvalue weighted by atomic mass is 9.97. The first-order chi connectivity index (χ1) is 11.8. The van der Waals surface area contributed by atoms with Gasteiger partial charge in [-0.1, -0.05) is 31.0 Å². The fourth-order valence-corrected chi connectivity index (χ4v) is 4.17. The molecule has 0 radical (unpaired) electrons. The molecule has 0 saturated heterocycles. The lowest BCUT2D eigenvalue weighted by Gasteiger charge is -2.24. The number of benzene rings is 1. The molecule has 24 heavy (non-hydrogen) atoms. The predicted octanol–water partition coefficient (Wildman–Crippen LogP) is 4.49. The molecule has 5 heteroatoms. The van der Waals surface area contributed by atoms with Gasteiger partial charge in [-0.3, -0.25) is 0 Å². The number of thiophene rings is 1. The first-order valence-corrected chi connectivity index (χ1v) is 9.35. The molecule has 3 rings (SSSR count). The molecule has 1 aromatic heterocycles. The second kappa shape index (κ2) is 8.20. The summed E-state index contributed by atoms with van der Waals surface area (Å²) in [6, 6.07) is 11.9. The minimum absolute atomic E-state index is 0.101. The average Bonchev–Trinajstić information content (AvgIpc) is 3.32. The Morgan fingerprint density at radius 2 is 2.00 bits per heavy atom. The van der Waals surface area contributed by atoms with Gasteiger partial charge in [-0.25, -0.2) is 4.79 Å². The first kappa shape index (κ1) is 16.8. The third kappa shape index (κ3) is 4.29. The zero-order chi connectivity index (χ0) is 16.8. The first-order valence-electron chi connectivity index (χ1n) is 8.47. The number of nitrogens with one attached hydrogen (secondary N) is 2. The number of hydrogen-bond donors (Lipinski definition) is 2. The number of ether oxygens (including phenoxy) is 1. The van der Waals surface area contributed by atoms with Crippen molar-refractivity contribution in [2.45, 2.75) is 38.3 Å². The number of carbonyl (C=O) groups is 1. The van der Waals surface area contributed by atoms with E-state index in [-0.39, 0.29) is 12.1 Å². The van der Waals surface area contributed by atoms with Gasteiger partial charge in [0.25, 0.3) is 0 Å². The fourth-order valence-electron chi connectivity index (χ4n) is 3.30. The van der Waals surface area contributed by atoms with Gasteiger partial charge >= 0.3 is 6.03 Å². The van der Waals surface area contributed by atoms with Crippen LogP contribution in [0.25, 0.3) is 0 Å². The van der Waals surface area contributed by atoms with Crippen LogP contribution in [0.1, 0.15) is 42.2 Å². The third-order valence-corrected chi connectivity index (χ3v) is 5.58. The lowest BCUT2D eigenvalue weighted by molar-refractivity contribution is 0.231. The van der Waals surface area contributed by atoms with E-state index >= 15 is 0 Å². The molecule has 0 aliphatic heterocycles. The van der Waals surface area contributed by atoms with Crippen LogP contribution in [0.2, 0.25) is 0 Å². The van der Waals surface area contributed by atoms with Gasteiger partial charge in [-0.2, -0.15) is 0 Å². The van der Waals surface area contributed by atoms with E-state index in [0.29, 0.717) is 12.5 Å². The van der Waals surface area contributed by atoms with Crippen molar-refractivity contribution in [3.05, 3.63) is 52.2 Å². The normalized spacial score (nSPS) is 15.9. The van der Waals surface area contributed by atoms with Crippen LogP contribution in [0.3, 0.4) is 0 Å². The zero-order valence-electron chi connectivity index (χ0n) is 14.0. The van der Waals surface area contributed by atoms with Crippen LogP contribution in [-0.2, 0) is 6.54 Å². The summed E-state index contributed by atoms with van der Waals surface area (Å²) < 4.78 is 5.15. The van der Waals surface area contributed by atoms with Crippen molar-refractivity contribution in [1.82, 2.24) is 10.6 Å². The van der Waals surface area contributed by atoms with Crippen LogP contribution < -0.4 is 15.4 Å². The number of urea groups is 1. The van der Waals surface area contributed by atoms with Crippen LogP contribution in [0.4, 0.5) is 4.79 Å². The zero-order valence-corrected chi connectivity index (χ0v) is 14.8. The molecular formula is C19H24N2O2S. The largest absolute Gasteiger partial charge is 0.497 e. The van der Waals surface area contributed by atoms with E-state index < -0.39 is 0 Å². The summed E-state index contributed by atoms with van der Waals surface area (Å²) in [5.74, 6) is 1.37. The monoisotopic (exact) mass is 344 g/mol. The molecule has 2 amide bonds. The molecule has 0 spiro atoms. The second-order valence-corrected chi connectivity index (χ2v) is 7.19. The molecule has 1 heterocycles. The molecular weight excluding hydrogens is 320 g/mol. The van der Waals surface area contributed by atoms with Gasteiger partial charge in [0.1, 0.15) is 5.75 Å². The topological polar surface area (TPSA) is 50.4 Å². The van der Waals surface area contributed by atoms with E-state index in [1.165, 1.54) is 30.6 Å². The van der Waals surface area contributed by atoms with Gasteiger partial charge in [0.2, 0.25) is 0 Å². The summed E-state index contributed by atoms with van der Waals surface area (Å²) in [7, 11) is 1.65. The molecule has 1 aliphatic rings. The van der Waals surface area contributed by atoms with Crippen molar-refractivity contribution in [3.8, 4) is 5.75 Å². The molecule has 1 aliphatic carbocycles. The highest BCUT2D eigenvalue weighted by atomic mass is 32.1. The Morgan fingerprint density at radius 3 is 2.62 bits per heavy atom. The van der Waals surface area contributed by atoms with E-state index in [9.17, 15) is 4.79 Å². The number of hydrogen-bond acceptors (Lipinski definition) is 3. The van der Waals surface area contributed by atoms with E-state index in [0.717, 1.165) is 11.3 Å². The molecule has 1 saturated carbocycles. The van der Waals surface area contributed by atoms with Crippen molar-refractivity contribution in [2.24, 2.45) is 5.92 Å². The summed E-state index contributed by atoms with van der Waals surface area (Å²) in [4.78, 5) is 13.6. The van der Waals surface area contributed by atoms with Crippen LogP contribution in [-0.4, -0.2) is 13.1 Å². The second-order valence-electron chi connectivity index (χ2n) is 6.21. The van der Waals surface area contributed by atoms with Gasteiger partial charge in [0.15, 0.2) is 0 Å². The Kier molecular flexibility index (Phi) is 5.75. The van der Waals surface area contributed by atoms with Gasteiger partial charge in [0, 0.05) is 11.4 Å². The quantitative estimate of drug-likeness (QED) is 0.811. The molecule has 128 valence electrons. The van der Waals surface area contributed by atoms with Gasteiger partial charge < -0.3 is 15.4 Å². The van der Waals surface area contributed by atoms with E-state index in [1.54, 1.807) is 18.4 Å². The molecule has 2 N–H and O–H groups in total. The summed E-state index contributed by atoms with van der Waals surface area (Å²) >= 11 is 1.72. The van der Waals surface area contributed by atoms with Crippen molar-refractivity contribution in [2.75, 3.05) is 7.11 Å². The summed E-state index contributed by atoms with van der Waals surface area (Å²) in [5.41, 5.74) is 1.06. The molecule has 1 aromatic carbocycles. The highest BCUT2D eigenvalue weighted by Gasteiger charge is 2.28. The number of carbonyl (C=O) groups excluding carboxylic acids is 1. The smallest absolute Gasteiger partial charge is 0.315 e. The average molecular weight is 344 g/mol. The van der Waals surface area contributed by atoms with Crippen molar-refractivity contribution in [3.63, 3.8) is 0 Å². The maximum Gasteiger partial charge on any atom is 0.315 e. The number of amides is 2. The Labute approximate surface area is 147 Å². The molecule has 1 fully saturated rings. The highest BCUT2D eigenvalue weighted by molar-refractivity contribution is 7.10. The van der Waals surface area contributed by atoms with Gasteiger partial charge in [0.05, 0.1) is 13.2 Å². The van der Waals surface area contributed by atoms with E-state index in [4.69, 9.17) is 4.74 Å². The molecule has 1 atom stereocenters.